The molecule has 1 N–H and O–H groups in total. The summed E-state index contributed by atoms with van der Waals surface area (Å²) in [6.45, 7) is 1.99. The molecule has 0 saturated carbocycles. The van der Waals surface area contributed by atoms with Crippen molar-refractivity contribution in [3.05, 3.63) is 108 Å². The number of carbonyl (C=O) groups excluding carboxylic acids is 3. The molecule has 5 rings (SSSR count). The van der Waals surface area contributed by atoms with Gasteiger partial charge >= 0.3 is 5.97 Å². The molecule has 3 aromatic rings. The zero-order valence-corrected chi connectivity index (χ0v) is 23.2. The lowest BCUT2D eigenvalue weighted by atomic mass is 9.95. The minimum atomic E-state index is -0.746. The van der Waals surface area contributed by atoms with Gasteiger partial charge in [-0.1, -0.05) is 114 Å². The maximum atomic E-state index is 13.8. The van der Waals surface area contributed by atoms with E-state index < -0.39 is 28.9 Å². The van der Waals surface area contributed by atoms with Crippen LogP contribution in [-0.2, 0) is 25.5 Å². The molecule has 0 aromatic heterocycles. The molecule has 6 nitrogen and oxygen atoms in total. The van der Waals surface area contributed by atoms with E-state index in [-0.39, 0.29) is 23.6 Å². The van der Waals surface area contributed by atoms with Gasteiger partial charge in [0.05, 0.1) is 11.2 Å². The summed E-state index contributed by atoms with van der Waals surface area (Å²) in [6.07, 6.45) is -0.387. The van der Waals surface area contributed by atoms with Gasteiger partial charge in [-0.2, -0.15) is 0 Å². The van der Waals surface area contributed by atoms with E-state index in [4.69, 9.17) is 4.74 Å². The Labute approximate surface area is 234 Å². The number of rotatable bonds is 8. The number of nitrogens with zero attached hydrogens (tertiary/aromatic N) is 1. The number of ether oxygens (including phenoxy) is 1. The zero-order chi connectivity index (χ0) is 26.0. The molecule has 2 aliphatic heterocycles. The molecule has 2 amide bonds. The Bertz CT molecular complexity index is 1240. The number of hydrogen-bond donors (Lipinski definition) is 1. The predicted molar refractivity (Wildman–Crippen MR) is 152 cm³/mol. The van der Waals surface area contributed by atoms with Gasteiger partial charge in [-0.05, 0) is 23.6 Å². The summed E-state index contributed by atoms with van der Waals surface area (Å²) in [5.74, 6) is -0.889. The first-order chi connectivity index (χ1) is 17.9. The Balaban J connectivity index is 1.34. The number of thioether (sulfide) groups is 1. The number of alkyl halides is 1. The zero-order valence-electron chi connectivity index (χ0n) is 20.3. The number of nitrogens with one attached hydrogen (secondary N) is 1. The van der Waals surface area contributed by atoms with Crippen molar-refractivity contribution in [3.63, 3.8) is 0 Å². The van der Waals surface area contributed by atoms with E-state index >= 15 is 0 Å². The maximum Gasteiger partial charge on any atom is 0.331 e. The molecule has 2 saturated heterocycles. The lowest BCUT2D eigenvalue weighted by Gasteiger charge is -2.44. The van der Waals surface area contributed by atoms with Crippen LogP contribution in [0.5, 0.6) is 0 Å². The van der Waals surface area contributed by atoms with Crippen LogP contribution in [0.25, 0.3) is 0 Å². The van der Waals surface area contributed by atoms with E-state index in [1.807, 2.05) is 97.9 Å². The van der Waals surface area contributed by atoms with E-state index in [2.05, 4.69) is 27.9 Å². The summed E-state index contributed by atoms with van der Waals surface area (Å²) < 4.78 is 6.26. The summed E-state index contributed by atoms with van der Waals surface area (Å²) in [7, 11) is 0. The largest absolute Gasteiger partial charge is 0.451 e. The summed E-state index contributed by atoms with van der Waals surface area (Å²) in [5.41, 5.74) is 2.61. The molecule has 2 heterocycles. The number of esters is 1. The number of benzene rings is 3. The van der Waals surface area contributed by atoms with Crippen molar-refractivity contribution in [1.82, 2.24) is 10.2 Å². The smallest absolute Gasteiger partial charge is 0.331 e. The van der Waals surface area contributed by atoms with Gasteiger partial charge in [0.2, 0.25) is 11.8 Å². The summed E-state index contributed by atoms with van der Waals surface area (Å²) in [5, 5.41) is 2.59. The molecule has 3 unspecified atom stereocenters. The third-order valence-electron chi connectivity index (χ3n) is 6.78. The Hall–Kier alpha value is -2.85. The normalized spacial score (nSPS) is 24.4. The SMILES string of the molecule is CC1(CI)S[C@@H]2C(NC(=O)Cc3ccccc3)C(=O)N2C1C(=O)OC(c1ccccc1)c1ccccc1. The van der Waals surface area contributed by atoms with Crippen molar-refractivity contribution in [3.8, 4) is 0 Å². The van der Waals surface area contributed by atoms with Crippen LogP contribution < -0.4 is 5.32 Å². The number of halogens is 1. The monoisotopic (exact) mass is 626 g/mol. The molecule has 8 heteroatoms. The van der Waals surface area contributed by atoms with Crippen LogP contribution in [-0.4, -0.2) is 49.3 Å². The van der Waals surface area contributed by atoms with Gasteiger partial charge in [-0.3, -0.25) is 9.59 Å². The highest BCUT2D eigenvalue weighted by atomic mass is 127. The van der Waals surface area contributed by atoms with Crippen LogP contribution in [0, 0.1) is 0 Å². The van der Waals surface area contributed by atoms with Gasteiger partial charge in [0.1, 0.15) is 17.5 Å². The Morgan fingerprint density at radius 2 is 1.51 bits per heavy atom. The van der Waals surface area contributed by atoms with Gasteiger partial charge < -0.3 is 15.0 Å². The van der Waals surface area contributed by atoms with Crippen molar-refractivity contribution in [2.75, 3.05) is 4.43 Å². The second-order valence-corrected chi connectivity index (χ2v) is 11.9. The van der Waals surface area contributed by atoms with Gasteiger partial charge in [0, 0.05) is 4.43 Å². The number of hydrogen-bond acceptors (Lipinski definition) is 5. The molecule has 0 bridgehead atoms. The van der Waals surface area contributed by atoms with Crippen molar-refractivity contribution >= 4 is 52.1 Å². The van der Waals surface area contributed by atoms with Gasteiger partial charge in [0.25, 0.3) is 0 Å². The second kappa shape index (κ2) is 10.9. The van der Waals surface area contributed by atoms with E-state index in [1.165, 1.54) is 0 Å². The third-order valence-corrected chi connectivity index (χ3v) is 10.5. The lowest BCUT2D eigenvalue weighted by molar-refractivity contribution is -0.166. The number of fused-ring (bicyclic) bond motifs is 1. The highest BCUT2D eigenvalue weighted by molar-refractivity contribution is 14.1. The summed E-state index contributed by atoms with van der Waals surface area (Å²) in [6, 6.07) is 27.3. The van der Waals surface area contributed by atoms with E-state index in [1.54, 1.807) is 16.7 Å². The summed E-state index contributed by atoms with van der Waals surface area (Å²) in [4.78, 5) is 41.3. The van der Waals surface area contributed by atoms with Crippen molar-refractivity contribution in [2.45, 2.75) is 41.7 Å². The standard InChI is InChI=1S/C29H27IN2O4S/c1-29(18-30)25(28(35)36-24(20-13-7-3-8-14-20)21-15-9-4-10-16-21)32-26(34)23(27(32)37-29)31-22(33)17-19-11-5-2-6-12-19/h2-16,23-25,27H,17-18H2,1H3,(H,31,33)/t23?,25?,27-,29?/m1/s1. The molecular formula is C29H27IN2O4S. The first-order valence-corrected chi connectivity index (χ1v) is 14.5. The number of β-lactam (4-membered cyclic amide) rings is 1. The maximum absolute atomic E-state index is 13.8. The highest BCUT2D eigenvalue weighted by Crippen LogP contribution is 2.52. The number of carbonyl (C=O) groups is 3. The molecule has 3 aromatic carbocycles. The lowest BCUT2D eigenvalue weighted by Crippen LogP contribution is -2.71. The van der Waals surface area contributed by atoms with Crippen LogP contribution >= 0.6 is 34.4 Å². The number of amides is 2. The van der Waals surface area contributed by atoms with E-state index in [9.17, 15) is 14.4 Å². The Kier molecular flexibility index (Phi) is 7.57. The average Bonchev–Trinajstić information content (AvgIpc) is 3.22. The van der Waals surface area contributed by atoms with Crippen molar-refractivity contribution in [2.24, 2.45) is 0 Å². The van der Waals surface area contributed by atoms with Crippen molar-refractivity contribution < 1.29 is 19.1 Å². The topological polar surface area (TPSA) is 75.7 Å². The first-order valence-electron chi connectivity index (χ1n) is 12.1. The van der Waals surface area contributed by atoms with Crippen LogP contribution in [0.4, 0.5) is 0 Å². The molecule has 2 aliphatic rings. The van der Waals surface area contributed by atoms with Crippen LogP contribution in [0.15, 0.2) is 91.0 Å². The van der Waals surface area contributed by atoms with Crippen LogP contribution in [0.1, 0.15) is 29.7 Å². The summed E-state index contributed by atoms with van der Waals surface area (Å²) >= 11 is 3.82. The van der Waals surface area contributed by atoms with Gasteiger partial charge in [0.15, 0.2) is 6.10 Å². The fraction of sp³-hybridized carbons (Fsp3) is 0.276. The minimum Gasteiger partial charge on any atom is -0.451 e. The molecule has 0 radical (unpaired) electrons. The molecule has 0 spiro atoms. The molecule has 0 aliphatic carbocycles. The fourth-order valence-corrected chi connectivity index (χ4v) is 7.46. The minimum absolute atomic E-state index is 0.201. The fourth-order valence-electron chi connectivity index (χ4n) is 4.89. The highest BCUT2D eigenvalue weighted by Gasteiger charge is 2.65. The van der Waals surface area contributed by atoms with E-state index in [0.717, 1.165) is 16.7 Å². The van der Waals surface area contributed by atoms with E-state index in [0.29, 0.717) is 4.43 Å². The van der Waals surface area contributed by atoms with Crippen molar-refractivity contribution in [1.29, 1.82) is 0 Å². The first kappa shape index (κ1) is 25.8. The quantitative estimate of drug-likeness (QED) is 0.172. The van der Waals surface area contributed by atoms with Gasteiger partial charge in [-0.15, -0.1) is 11.8 Å². The predicted octanol–water partition coefficient (Wildman–Crippen LogP) is 4.52. The molecule has 4 atom stereocenters. The molecular weight excluding hydrogens is 599 g/mol. The molecule has 2 fully saturated rings. The molecule has 190 valence electrons. The Morgan fingerprint density at radius 1 is 0.973 bits per heavy atom. The average molecular weight is 627 g/mol. The second-order valence-electron chi connectivity index (χ2n) is 9.45. The third kappa shape index (κ3) is 5.13. The molecule has 37 heavy (non-hydrogen) atoms. The Morgan fingerprint density at radius 3 is 2.05 bits per heavy atom. The van der Waals surface area contributed by atoms with Crippen LogP contribution in [0.2, 0.25) is 0 Å². The van der Waals surface area contributed by atoms with Crippen LogP contribution in [0.3, 0.4) is 0 Å². The van der Waals surface area contributed by atoms with Gasteiger partial charge in [-0.25, -0.2) is 4.79 Å².